The summed E-state index contributed by atoms with van der Waals surface area (Å²) in [6.45, 7) is 4.02. The number of Topliss-reactive ketones (excluding diaryl/α,β-unsaturated/α-hetero) is 1. The topological polar surface area (TPSA) is 130 Å². The third kappa shape index (κ3) is 4.04. The number of benzene rings is 2. The number of carbonyl (C=O) groups is 1. The fourth-order valence-corrected chi connectivity index (χ4v) is 5.34. The molecule has 4 N–H and O–H groups in total. The van der Waals surface area contributed by atoms with E-state index < -0.39 is 15.9 Å². The summed E-state index contributed by atoms with van der Waals surface area (Å²) in [5.41, 5.74) is 8.79. The van der Waals surface area contributed by atoms with Crippen LogP contribution in [0.25, 0.3) is 0 Å². The van der Waals surface area contributed by atoms with Gasteiger partial charge in [-0.25, -0.2) is 13.6 Å². The van der Waals surface area contributed by atoms with Crippen LogP contribution in [-0.4, -0.2) is 14.2 Å². The van der Waals surface area contributed by atoms with Gasteiger partial charge in [-0.1, -0.05) is 49.7 Å². The predicted molar refractivity (Wildman–Crippen MR) is 126 cm³/mol. The second-order valence-corrected chi connectivity index (χ2v) is 11.0. The normalized spacial score (nSPS) is 20.5. The summed E-state index contributed by atoms with van der Waals surface area (Å²) in [5.74, 6) is -0.615. The van der Waals surface area contributed by atoms with E-state index >= 15 is 0 Å². The molecule has 1 heterocycles. The van der Waals surface area contributed by atoms with Crippen LogP contribution in [0.1, 0.15) is 38.2 Å². The number of halogens is 1. The molecule has 0 radical (unpaired) electrons. The summed E-state index contributed by atoms with van der Waals surface area (Å²) < 4.78 is 23.4. The monoisotopic (exact) mass is 482 g/mol. The Balaban J connectivity index is 1.99. The predicted octanol–water partition coefficient (Wildman–Crippen LogP) is 3.93. The average molecular weight is 483 g/mol. The van der Waals surface area contributed by atoms with Gasteiger partial charge < -0.3 is 5.73 Å². The van der Waals surface area contributed by atoms with Crippen molar-refractivity contribution in [2.75, 3.05) is 4.90 Å². The first-order valence-electron chi connectivity index (χ1n) is 10.3. The highest BCUT2D eigenvalue weighted by molar-refractivity contribution is 7.89. The van der Waals surface area contributed by atoms with Crippen molar-refractivity contribution in [3.8, 4) is 6.07 Å². The number of hydrogen-bond acceptors (Lipinski definition) is 6. The Morgan fingerprint density at radius 1 is 1.12 bits per heavy atom. The highest BCUT2D eigenvalue weighted by atomic mass is 35.5. The minimum Gasteiger partial charge on any atom is -0.384 e. The Hall–Kier alpha value is -3.12. The van der Waals surface area contributed by atoms with Gasteiger partial charge in [0.05, 0.1) is 33.2 Å². The zero-order valence-corrected chi connectivity index (χ0v) is 19.7. The number of nitrogens with two attached hydrogens (primary N) is 2. The molecule has 2 aliphatic rings. The van der Waals surface area contributed by atoms with E-state index in [1.54, 1.807) is 35.2 Å². The van der Waals surface area contributed by atoms with Crippen molar-refractivity contribution in [3.05, 3.63) is 81.8 Å². The molecule has 0 fully saturated rings. The molecular formula is C24H23ClN4O3S. The van der Waals surface area contributed by atoms with E-state index in [1.165, 1.54) is 12.1 Å². The summed E-state index contributed by atoms with van der Waals surface area (Å²) in [7, 11) is -3.88. The fourth-order valence-electron chi connectivity index (χ4n) is 4.60. The van der Waals surface area contributed by atoms with Crippen LogP contribution in [0.2, 0.25) is 5.02 Å². The van der Waals surface area contributed by atoms with Crippen molar-refractivity contribution in [3.63, 3.8) is 0 Å². The number of allylic oxidation sites excluding steroid dienone is 3. The number of carbonyl (C=O) groups excluding carboxylic acids is 1. The van der Waals surface area contributed by atoms with Crippen LogP contribution in [0.5, 0.6) is 0 Å². The van der Waals surface area contributed by atoms with Gasteiger partial charge in [0.25, 0.3) is 0 Å². The van der Waals surface area contributed by atoms with Gasteiger partial charge in [-0.05, 0) is 41.7 Å². The second-order valence-electron chi connectivity index (χ2n) is 9.05. The van der Waals surface area contributed by atoms with Gasteiger partial charge in [-0.2, -0.15) is 5.26 Å². The standard InChI is InChI=1S/C24H23ClN4O3S/c1-24(2)11-19-22(20(30)12-24)21(14-7-9-15(10-8-14)33(28,31)32)16(13-26)23(27)29(19)18-6-4-3-5-17(18)25/h3-10,21H,11-12,27H2,1-2H3,(H2,28,31,32)/t21-/m1/s1. The van der Waals surface area contributed by atoms with Gasteiger partial charge in [-0.3, -0.25) is 9.69 Å². The highest BCUT2D eigenvalue weighted by Gasteiger charge is 2.45. The maximum Gasteiger partial charge on any atom is 0.238 e. The molecule has 33 heavy (non-hydrogen) atoms. The van der Waals surface area contributed by atoms with Crippen LogP contribution in [0.15, 0.2) is 76.1 Å². The molecule has 170 valence electrons. The molecule has 1 atom stereocenters. The van der Waals surface area contributed by atoms with E-state index in [2.05, 4.69) is 6.07 Å². The third-order valence-corrected chi connectivity index (χ3v) is 7.27. The van der Waals surface area contributed by atoms with Gasteiger partial charge in [0.15, 0.2) is 5.78 Å². The SMILES string of the molecule is CC1(C)CC(=O)C2=C(C1)N(c1ccccc1Cl)C(N)=C(C#N)[C@H]2c1ccc(S(N)(=O)=O)cc1. The number of rotatable bonds is 3. The number of para-hydroxylation sites is 1. The molecule has 2 aromatic carbocycles. The van der Waals surface area contributed by atoms with Crippen molar-refractivity contribution in [1.29, 1.82) is 5.26 Å². The molecule has 9 heteroatoms. The van der Waals surface area contributed by atoms with Crippen molar-refractivity contribution >= 4 is 33.1 Å². The molecule has 2 aromatic rings. The Morgan fingerprint density at radius 2 is 1.76 bits per heavy atom. The molecular weight excluding hydrogens is 460 g/mol. The molecule has 0 unspecified atom stereocenters. The maximum atomic E-state index is 13.5. The van der Waals surface area contributed by atoms with Crippen LogP contribution in [-0.2, 0) is 14.8 Å². The Kier molecular flexibility index (Phi) is 5.61. The summed E-state index contributed by atoms with van der Waals surface area (Å²) in [6, 6.07) is 15.2. The number of hydrogen-bond donors (Lipinski definition) is 2. The molecule has 0 aromatic heterocycles. The number of primary sulfonamides is 1. The lowest BCUT2D eigenvalue weighted by molar-refractivity contribution is -0.118. The Morgan fingerprint density at radius 3 is 2.33 bits per heavy atom. The van der Waals surface area contributed by atoms with Gasteiger partial charge in [0, 0.05) is 17.7 Å². The van der Waals surface area contributed by atoms with Crippen LogP contribution in [0.4, 0.5) is 5.69 Å². The smallest absolute Gasteiger partial charge is 0.238 e. The van der Waals surface area contributed by atoms with Crippen LogP contribution in [0.3, 0.4) is 0 Å². The Labute approximate surface area is 198 Å². The second kappa shape index (κ2) is 8.03. The average Bonchev–Trinajstić information content (AvgIpc) is 2.72. The molecule has 0 amide bonds. The summed E-state index contributed by atoms with van der Waals surface area (Å²) >= 11 is 6.49. The minimum atomic E-state index is -3.88. The molecule has 1 aliphatic heterocycles. The zero-order valence-electron chi connectivity index (χ0n) is 18.2. The quantitative estimate of drug-likeness (QED) is 0.681. The molecule has 0 spiro atoms. The maximum absolute atomic E-state index is 13.5. The molecule has 0 bridgehead atoms. The summed E-state index contributed by atoms with van der Waals surface area (Å²) in [5, 5.41) is 15.8. The fraction of sp³-hybridized carbons (Fsp3) is 0.250. The number of anilines is 1. The van der Waals surface area contributed by atoms with Gasteiger partial charge in [0.2, 0.25) is 10.0 Å². The largest absolute Gasteiger partial charge is 0.384 e. The first kappa shape index (κ1) is 23.1. The van der Waals surface area contributed by atoms with Gasteiger partial charge >= 0.3 is 0 Å². The highest BCUT2D eigenvalue weighted by Crippen LogP contribution is 2.50. The minimum absolute atomic E-state index is 0.0551. The van der Waals surface area contributed by atoms with E-state index in [-0.39, 0.29) is 27.5 Å². The van der Waals surface area contributed by atoms with Crippen LogP contribution >= 0.6 is 11.6 Å². The first-order chi connectivity index (χ1) is 15.4. The van der Waals surface area contributed by atoms with Crippen molar-refractivity contribution in [2.24, 2.45) is 16.3 Å². The molecule has 0 saturated heterocycles. The van der Waals surface area contributed by atoms with E-state index in [0.717, 1.165) is 0 Å². The molecule has 4 rings (SSSR count). The lowest BCUT2D eigenvalue weighted by Gasteiger charge is -2.44. The van der Waals surface area contributed by atoms with Crippen LogP contribution in [0, 0.1) is 16.7 Å². The van der Waals surface area contributed by atoms with Crippen molar-refractivity contribution < 1.29 is 13.2 Å². The summed E-state index contributed by atoms with van der Waals surface area (Å²) in [6.07, 6.45) is 0.858. The number of sulfonamides is 1. The van der Waals surface area contributed by atoms with Gasteiger partial charge in [0.1, 0.15) is 5.82 Å². The molecule has 7 nitrogen and oxygen atoms in total. The first-order valence-corrected chi connectivity index (χ1v) is 12.2. The number of nitriles is 1. The van der Waals surface area contributed by atoms with E-state index in [1.807, 2.05) is 19.9 Å². The van der Waals surface area contributed by atoms with E-state index in [9.17, 15) is 18.5 Å². The van der Waals surface area contributed by atoms with Crippen molar-refractivity contribution in [1.82, 2.24) is 0 Å². The van der Waals surface area contributed by atoms with E-state index in [4.69, 9.17) is 22.5 Å². The van der Waals surface area contributed by atoms with Crippen molar-refractivity contribution in [2.45, 2.75) is 37.5 Å². The zero-order chi connectivity index (χ0) is 24.1. The van der Waals surface area contributed by atoms with E-state index in [0.29, 0.717) is 40.4 Å². The third-order valence-electron chi connectivity index (χ3n) is 6.02. The number of nitrogens with zero attached hydrogens (tertiary/aromatic N) is 2. The Bertz CT molecular complexity index is 1370. The summed E-state index contributed by atoms with van der Waals surface area (Å²) in [4.78, 5) is 15.1. The molecule has 0 saturated carbocycles. The van der Waals surface area contributed by atoms with Crippen LogP contribution < -0.4 is 15.8 Å². The lowest BCUT2D eigenvalue weighted by Crippen LogP contribution is -2.42. The molecule has 1 aliphatic carbocycles. The lowest BCUT2D eigenvalue weighted by atomic mass is 9.68. The number of ketones is 1. The van der Waals surface area contributed by atoms with Gasteiger partial charge in [-0.15, -0.1) is 0 Å².